The van der Waals surface area contributed by atoms with Gasteiger partial charge in [-0.3, -0.25) is 0 Å². The molecule has 4 N–H and O–H groups in total. The summed E-state index contributed by atoms with van der Waals surface area (Å²) < 4.78 is 0. The first-order valence-corrected chi connectivity index (χ1v) is 4.30. The lowest BCUT2D eigenvalue weighted by molar-refractivity contribution is 0.193. The summed E-state index contributed by atoms with van der Waals surface area (Å²) >= 11 is 0. The SMILES string of the molecule is CC(O)Cc1nc(N)c2[nH]cnc2n1. The minimum absolute atomic E-state index is 0.364. The Morgan fingerprint density at radius 1 is 1.57 bits per heavy atom. The topological polar surface area (TPSA) is 101 Å². The second kappa shape index (κ2) is 3.22. The number of rotatable bonds is 2. The highest BCUT2D eigenvalue weighted by atomic mass is 16.3. The molecule has 0 saturated carbocycles. The zero-order valence-corrected chi connectivity index (χ0v) is 7.73. The quantitative estimate of drug-likeness (QED) is 0.616. The summed E-state index contributed by atoms with van der Waals surface area (Å²) in [5.41, 5.74) is 6.85. The largest absolute Gasteiger partial charge is 0.393 e. The first kappa shape index (κ1) is 8.89. The van der Waals surface area contributed by atoms with E-state index in [1.807, 2.05) is 0 Å². The third-order valence-electron chi connectivity index (χ3n) is 1.84. The van der Waals surface area contributed by atoms with E-state index in [1.165, 1.54) is 6.33 Å². The maximum Gasteiger partial charge on any atom is 0.183 e. The van der Waals surface area contributed by atoms with Gasteiger partial charge < -0.3 is 15.8 Å². The van der Waals surface area contributed by atoms with Gasteiger partial charge in [0.2, 0.25) is 0 Å². The van der Waals surface area contributed by atoms with Gasteiger partial charge in [-0.25, -0.2) is 15.0 Å². The number of nitrogens with zero attached hydrogens (tertiary/aromatic N) is 3. The molecule has 1 unspecified atom stereocenters. The number of H-pyrrole nitrogens is 1. The highest BCUT2D eigenvalue weighted by Gasteiger charge is 2.08. The molecule has 0 aromatic carbocycles. The molecule has 0 amide bonds. The molecule has 6 nitrogen and oxygen atoms in total. The van der Waals surface area contributed by atoms with Crippen LogP contribution < -0.4 is 5.73 Å². The number of nitrogens with two attached hydrogens (primary N) is 1. The van der Waals surface area contributed by atoms with Crippen molar-refractivity contribution in [3.05, 3.63) is 12.2 Å². The fourth-order valence-electron chi connectivity index (χ4n) is 1.26. The number of fused-ring (bicyclic) bond motifs is 1. The molecule has 0 aliphatic rings. The van der Waals surface area contributed by atoms with Gasteiger partial charge in [-0.1, -0.05) is 0 Å². The lowest BCUT2D eigenvalue weighted by Gasteiger charge is -2.03. The summed E-state index contributed by atoms with van der Waals surface area (Å²) in [5.74, 6) is 0.875. The molecule has 0 aliphatic heterocycles. The Hall–Kier alpha value is -1.69. The van der Waals surface area contributed by atoms with Gasteiger partial charge in [-0.2, -0.15) is 0 Å². The van der Waals surface area contributed by atoms with E-state index in [0.29, 0.717) is 29.2 Å². The second-order valence-corrected chi connectivity index (χ2v) is 3.18. The van der Waals surface area contributed by atoms with Crippen molar-refractivity contribution in [3.8, 4) is 0 Å². The minimum atomic E-state index is -0.481. The monoisotopic (exact) mass is 193 g/mol. The van der Waals surface area contributed by atoms with Crippen LogP contribution in [0.15, 0.2) is 6.33 Å². The van der Waals surface area contributed by atoms with Crippen LogP contribution in [0.5, 0.6) is 0 Å². The molecule has 0 aliphatic carbocycles. The normalized spacial score (nSPS) is 13.3. The van der Waals surface area contributed by atoms with Gasteiger partial charge in [0.05, 0.1) is 12.4 Å². The van der Waals surface area contributed by atoms with Crippen LogP contribution in [0.25, 0.3) is 11.2 Å². The van der Waals surface area contributed by atoms with E-state index in [0.717, 1.165) is 0 Å². The van der Waals surface area contributed by atoms with Crippen LogP contribution in [0.2, 0.25) is 0 Å². The molecule has 14 heavy (non-hydrogen) atoms. The molecule has 74 valence electrons. The van der Waals surface area contributed by atoms with Gasteiger partial charge in [-0.05, 0) is 6.92 Å². The lowest BCUT2D eigenvalue weighted by Crippen LogP contribution is -2.09. The first-order valence-electron chi connectivity index (χ1n) is 4.30. The van der Waals surface area contributed by atoms with Crippen LogP contribution in [-0.2, 0) is 6.42 Å². The zero-order chi connectivity index (χ0) is 10.1. The summed E-state index contributed by atoms with van der Waals surface area (Å²) in [4.78, 5) is 15.0. The zero-order valence-electron chi connectivity index (χ0n) is 7.73. The van der Waals surface area contributed by atoms with E-state index in [2.05, 4.69) is 19.9 Å². The molecule has 0 saturated heterocycles. The number of anilines is 1. The van der Waals surface area contributed by atoms with E-state index < -0.39 is 6.10 Å². The number of nitrogen functional groups attached to an aromatic ring is 1. The number of imidazole rings is 1. The fourth-order valence-corrected chi connectivity index (χ4v) is 1.26. The number of hydrogen-bond donors (Lipinski definition) is 3. The highest BCUT2D eigenvalue weighted by Crippen LogP contribution is 2.13. The summed E-state index contributed by atoms with van der Waals surface area (Å²) in [6.07, 6.45) is 1.42. The van der Waals surface area contributed by atoms with Crippen molar-refractivity contribution in [2.24, 2.45) is 0 Å². The van der Waals surface area contributed by atoms with Gasteiger partial charge in [0.1, 0.15) is 11.3 Å². The van der Waals surface area contributed by atoms with Gasteiger partial charge in [-0.15, -0.1) is 0 Å². The summed E-state index contributed by atoms with van der Waals surface area (Å²) in [5, 5.41) is 9.17. The molecule has 0 fully saturated rings. The van der Waals surface area contributed by atoms with Crippen molar-refractivity contribution in [1.29, 1.82) is 0 Å². The van der Waals surface area contributed by atoms with E-state index in [-0.39, 0.29) is 0 Å². The average molecular weight is 193 g/mol. The molecule has 6 heteroatoms. The van der Waals surface area contributed by atoms with Crippen LogP contribution in [-0.4, -0.2) is 31.1 Å². The van der Waals surface area contributed by atoms with Crippen LogP contribution >= 0.6 is 0 Å². The van der Waals surface area contributed by atoms with Crippen molar-refractivity contribution >= 4 is 17.0 Å². The number of aliphatic hydroxyl groups is 1. The van der Waals surface area contributed by atoms with Crippen LogP contribution in [0.4, 0.5) is 5.82 Å². The van der Waals surface area contributed by atoms with Crippen molar-refractivity contribution in [3.63, 3.8) is 0 Å². The molecule has 0 bridgehead atoms. The standard InChI is InChI=1S/C8H11N5O/c1-4(14)2-5-12-7(9)6-8(13-5)11-3-10-6/h3-4,14H,2H2,1H3,(H3,9,10,11,12,13). The lowest BCUT2D eigenvalue weighted by atomic mass is 10.3. The smallest absolute Gasteiger partial charge is 0.183 e. The maximum absolute atomic E-state index is 9.17. The summed E-state index contributed by atoms with van der Waals surface area (Å²) in [6, 6.07) is 0. The Balaban J connectivity index is 2.47. The number of nitrogens with one attached hydrogen (secondary N) is 1. The molecule has 2 aromatic heterocycles. The Morgan fingerprint density at radius 2 is 2.36 bits per heavy atom. The fraction of sp³-hybridized carbons (Fsp3) is 0.375. The average Bonchev–Trinajstić information content (AvgIpc) is 2.50. The molecule has 1 atom stereocenters. The Kier molecular flexibility index (Phi) is 2.05. The third kappa shape index (κ3) is 1.51. The highest BCUT2D eigenvalue weighted by molar-refractivity contribution is 5.80. The Morgan fingerprint density at radius 3 is 3.07 bits per heavy atom. The molecule has 2 aromatic rings. The van der Waals surface area contributed by atoms with Crippen molar-refractivity contribution in [2.75, 3.05) is 5.73 Å². The number of hydrogen-bond acceptors (Lipinski definition) is 5. The van der Waals surface area contributed by atoms with Crippen LogP contribution in [0.3, 0.4) is 0 Å². The molecule has 2 heterocycles. The van der Waals surface area contributed by atoms with Crippen molar-refractivity contribution < 1.29 is 5.11 Å². The van der Waals surface area contributed by atoms with E-state index >= 15 is 0 Å². The molecule has 0 spiro atoms. The van der Waals surface area contributed by atoms with Crippen LogP contribution in [0.1, 0.15) is 12.7 Å². The van der Waals surface area contributed by atoms with E-state index in [4.69, 9.17) is 5.73 Å². The van der Waals surface area contributed by atoms with Gasteiger partial charge >= 0.3 is 0 Å². The van der Waals surface area contributed by atoms with Gasteiger partial charge in [0.25, 0.3) is 0 Å². The van der Waals surface area contributed by atoms with Gasteiger partial charge in [0, 0.05) is 6.42 Å². The van der Waals surface area contributed by atoms with E-state index in [1.54, 1.807) is 6.92 Å². The molecular weight excluding hydrogens is 182 g/mol. The second-order valence-electron chi connectivity index (χ2n) is 3.18. The molecular formula is C8H11N5O. The Labute approximate surface area is 80.2 Å². The number of aliphatic hydroxyl groups excluding tert-OH is 1. The number of aromatic amines is 1. The van der Waals surface area contributed by atoms with Crippen LogP contribution in [0, 0.1) is 0 Å². The van der Waals surface area contributed by atoms with Crippen molar-refractivity contribution in [2.45, 2.75) is 19.4 Å². The molecule has 0 radical (unpaired) electrons. The summed E-state index contributed by atoms with van der Waals surface area (Å²) in [7, 11) is 0. The first-order chi connectivity index (χ1) is 6.66. The third-order valence-corrected chi connectivity index (χ3v) is 1.84. The Bertz CT molecular complexity index is 450. The minimum Gasteiger partial charge on any atom is -0.393 e. The predicted octanol–water partition coefficient (Wildman–Crippen LogP) is -0.142. The maximum atomic E-state index is 9.17. The summed E-state index contributed by atoms with van der Waals surface area (Å²) in [6.45, 7) is 1.67. The van der Waals surface area contributed by atoms with E-state index in [9.17, 15) is 5.11 Å². The predicted molar refractivity (Wildman–Crippen MR) is 51.5 cm³/mol. The molecule has 2 rings (SSSR count). The van der Waals surface area contributed by atoms with Gasteiger partial charge in [0.15, 0.2) is 11.5 Å². The van der Waals surface area contributed by atoms with Crippen molar-refractivity contribution in [1.82, 2.24) is 19.9 Å². The number of aromatic nitrogens is 4.